The highest BCUT2D eigenvalue weighted by atomic mass is 35.5. The van der Waals surface area contributed by atoms with Crippen LogP contribution in [0.2, 0.25) is 5.02 Å². The Kier molecular flexibility index (Phi) is 6.47. The van der Waals surface area contributed by atoms with Crippen LogP contribution in [0.15, 0.2) is 41.3 Å². The number of rotatable bonds is 6. The summed E-state index contributed by atoms with van der Waals surface area (Å²) in [6.45, 7) is -0.526. The number of phenols is 1. The SMILES string of the molecule is COc1ccc(NC(=O)CN2C(=O)S/C(=C/c3ccc(O)c([N+](=O)[O-])c3)C2=O)cc1Cl. The van der Waals surface area contributed by atoms with Crippen molar-refractivity contribution in [2.75, 3.05) is 19.0 Å². The van der Waals surface area contributed by atoms with Crippen molar-refractivity contribution in [3.63, 3.8) is 0 Å². The van der Waals surface area contributed by atoms with Crippen LogP contribution in [0, 0.1) is 10.1 Å². The molecule has 12 heteroatoms. The van der Waals surface area contributed by atoms with Crippen LogP contribution in [-0.4, -0.2) is 45.6 Å². The van der Waals surface area contributed by atoms with E-state index in [1.807, 2.05) is 0 Å². The second-order valence-corrected chi connectivity index (χ2v) is 7.57. The number of ether oxygens (including phenoxy) is 1. The van der Waals surface area contributed by atoms with Gasteiger partial charge in [-0.3, -0.25) is 29.4 Å². The number of carbonyl (C=O) groups excluding carboxylic acids is 3. The summed E-state index contributed by atoms with van der Waals surface area (Å²) in [5.41, 5.74) is 0.0625. The predicted octanol–water partition coefficient (Wildman–Crippen LogP) is 3.64. The van der Waals surface area contributed by atoms with E-state index in [4.69, 9.17) is 16.3 Å². The van der Waals surface area contributed by atoms with Gasteiger partial charge < -0.3 is 15.2 Å². The summed E-state index contributed by atoms with van der Waals surface area (Å²) in [7, 11) is 1.45. The molecule has 2 N–H and O–H groups in total. The molecule has 10 nitrogen and oxygen atoms in total. The summed E-state index contributed by atoms with van der Waals surface area (Å²) in [4.78, 5) is 47.9. The minimum absolute atomic E-state index is 0.00900. The Hall–Kier alpha value is -3.57. The van der Waals surface area contributed by atoms with Gasteiger partial charge in [0.15, 0.2) is 5.75 Å². The van der Waals surface area contributed by atoms with Gasteiger partial charge in [-0.1, -0.05) is 17.7 Å². The largest absolute Gasteiger partial charge is 0.502 e. The molecule has 3 amide bonds. The van der Waals surface area contributed by atoms with Crippen molar-refractivity contribution in [1.82, 2.24) is 4.90 Å². The summed E-state index contributed by atoms with van der Waals surface area (Å²) in [6.07, 6.45) is 1.28. The zero-order valence-electron chi connectivity index (χ0n) is 15.8. The van der Waals surface area contributed by atoms with Crippen molar-refractivity contribution in [1.29, 1.82) is 0 Å². The molecule has 3 rings (SSSR count). The number of hydrogen-bond donors (Lipinski definition) is 2. The van der Waals surface area contributed by atoms with Crippen molar-refractivity contribution < 1.29 is 29.2 Å². The number of hydrogen-bond acceptors (Lipinski definition) is 8. The first-order valence-electron chi connectivity index (χ1n) is 8.55. The fourth-order valence-electron chi connectivity index (χ4n) is 2.65. The molecular weight excluding hydrogens is 450 g/mol. The van der Waals surface area contributed by atoms with E-state index in [1.54, 1.807) is 12.1 Å². The standard InChI is InChI=1S/C19H14ClN3O7S/c1-30-15-5-3-11(8-12(15)20)21-17(25)9-22-18(26)16(31-19(22)27)7-10-2-4-14(24)13(6-10)23(28)29/h2-8,24H,9H2,1H3,(H,21,25)/b16-7+. The molecule has 0 aromatic heterocycles. The second-order valence-electron chi connectivity index (χ2n) is 6.17. The maximum Gasteiger partial charge on any atom is 0.311 e. The first-order valence-corrected chi connectivity index (χ1v) is 9.75. The van der Waals surface area contributed by atoms with Crippen molar-refractivity contribution in [2.45, 2.75) is 0 Å². The van der Waals surface area contributed by atoms with Crippen LogP contribution in [-0.2, 0) is 9.59 Å². The zero-order valence-corrected chi connectivity index (χ0v) is 17.4. The number of imide groups is 1. The molecule has 0 atom stereocenters. The van der Waals surface area contributed by atoms with E-state index in [9.17, 15) is 29.6 Å². The number of halogens is 1. The number of nitrogens with zero attached hydrogens (tertiary/aromatic N) is 2. The lowest BCUT2D eigenvalue weighted by molar-refractivity contribution is -0.385. The Balaban J connectivity index is 1.72. The van der Waals surface area contributed by atoms with E-state index in [1.165, 1.54) is 25.3 Å². The Morgan fingerprint density at radius 3 is 2.71 bits per heavy atom. The average Bonchev–Trinajstić information content (AvgIpc) is 2.96. The van der Waals surface area contributed by atoms with Crippen LogP contribution in [0.5, 0.6) is 11.5 Å². The number of methoxy groups -OCH3 is 1. The highest BCUT2D eigenvalue weighted by Gasteiger charge is 2.36. The Bertz CT molecular complexity index is 1140. The normalized spacial score (nSPS) is 14.8. The third-order valence-electron chi connectivity index (χ3n) is 4.10. The molecule has 0 radical (unpaired) electrons. The van der Waals surface area contributed by atoms with Gasteiger partial charge in [-0.05, 0) is 47.7 Å². The number of phenolic OH excluding ortho intramolecular Hbond substituents is 1. The van der Waals surface area contributed by atoms with E-state index in [-0.39, 0.29) is 15.5 Å². The minimum atomic E-state index is -0.770. The number of amides is 3. The predicted molar refractivity (Wildman–Crippen MR) is 114 cm³/mol. The molecule has 1 saturated heterocycles. The van der Waals surface area contributed by atoms with Gasteiger partial charge >= 0.3 is 5.69 Å². The van der Waals surface area contributed by atoms with E-state index in [2.05, 4.69) is 5.32 Å². The average molecular weight is 464 g/mol. The molecular formula is C19H14ClN3O7S. The molecule has 31 heavy (non-hydrogen) atoms. The lowest BCUT2D eigenvalue weighted by Gasteiger charge is -2.13. The molecule has 0 aliphatic carbocycles. The van der Waals surface area contributed by atoms with E-state index in [0.717, 1.165) is 17.0 Å². The van der Waals surface area contributed by atoms with Crippen LogP contribution >= 0.6 is 23.4 Å². The van der Waals surface area contributed by atoms with Gasteiger partial charge in [0.25, 0.3) is 11.1 Å². The molecule has 2 aromatic carbocycles. The van der Waals surface area contributed by atoms with Crippen molar-refractivity contribution in [3.8, 4) is 11.5 Å². The molecule has 1 aliphatic rings. The summed E-state index contributed by atoms with van der Waals surface area (Å²) in [5, 5.41) is 22.6. The molecule has 160 valence electrons. The number of thioether (sulfide) groups is 1. The van der Waals surface area contributed by atoms with E-state index < -0.39 is 40.0 Å². The highest BCUT2D eigenvalue weighted by Crippen LogP contribution is 2.34. The summed E-state index contributed by atoms with van der Waals surface area (Å²) in [6, 6.07) is 8.11. The van der Waals surface area contributed by atoms with Crippen molar-refractivity contribution >= 4 is 57.9 Å². The van der Waals surface area contributed by atoms with E-state index >= 15 is 0 Å². The fourth-order valence-corrected chi connectivity index (χ4v) is 3.75. The molecule has 0 spiro atoms. The van der Waals surface area contributed by atoms with Gasteiger partial charge in [0.1, 0.15) is 12.3 Å². The molecule has 0 bridgehead atoms. The van der Waals surface area contributed by atoms with Crippen LogP contribution in [0.3, 0.4) is 0 Å². The minimum Gasteiger partial charge on any atom is -0.502 e. The number of carbonyl (C=O) groups is 3. The Morgan fingerprint density at radius 1 is 1.32 bits per heavy atom. The molecule has 1 fully saturated rings. The maximum absolute atomic E-state index is 12.5. The molecule has 0 saturated carbocycles. The van der Waals surface area contributed by atoms with Gasteiger partial charge in [-0.15, -0.1) is 0 Å². The summed E-state index contributed by atoms with van der Waals surface area (Å²) >= 11 is 6.60. The number of benzene rings is 2. The topological polar surface area (TPSA) is 139 Å². The Morgan fingerprint density at radius 2 is 2.06 bits per heavy atom. The smallest absolute Gasteiger partial charge is 0.311 e. The Labute approximate surface area is 184 Å². The summed E-state index contributed by atoms with van der Waals surface area (Å²) in [5.74, 6) is -1.44. The van der Waals surface area contributed by atoms with Crippen molar-refractivity contribution in [2.24, 2.45) is 0 Å². The number of nitro groups is 1. The quantitative estimate of drug-likeness (QED) is 0.376. The van der Waals surface area contributed by atoms with Crippen molar-refractivity contribution in [3.05, 3.63) is 62.0 Å². The maximum atomic E-state index is 12.5. The van der Waals surface area contributed by atoms with Gasteiger partial charge in [0.2, 0.25) is 5.91 Å². The monoisotopic (exact) mass is 463 g/mol. The first-order chi connectivity index (χ1) is 14.7. The molecule has 1 aliphatic heterocycles. The number of anilines is 1. The van der Waals surface area contributed by atoms with E-state index in [0.29, 0.717) is 23.2 Å². The number of aromatic hydroxyl groups is 1. The van der Waals surface area contributed by atoms with Gasteiger partial charge in [0, 0.05) is 11.8 Å². The number of nitrogens with one attached hydrogen (secondary N) is 1. The molecule has 1 heterocycles. The third kappa shape index (κ3) is 4.95. The zero-order chi connectivity index (χ0) is 22.7. The number of nitro benzene ring substituents is 1. The molecule has 0 unspecified atom stereocenters. The van der Waals surface area contributed by atoms with Crippen LogP contribution in [0.4, 0.5) is 16.2 Å². The lowest BCUT2D eigenvalue weighted by Crippen LogP contribution is -2.36. The summed E-state index contributed by atoms with van der Waals surface area (Å²) < 4.78 is 5.03. The third-order valence-corrected chi connectivity index (χ3v) is 5.31. The van der Waals surface area contributed by atoms with Gasteiger partial charge in [-0.2, -0.15) is 0 Å². The first kappa shape index (κ1) is 22.1. The van der Waals surface area contributed by atoms with Crippen LogP contribution in [0.1, 0.15) is 5.56 Å². The lowest BCUT2D eigenvalue weighted by atomic mass is 10.1. The van der Waals surface area contributed by atoms with Crippen LogP contribution in [0.25, 0.3) is 6.08 Å². The fraction of sp³-hybridized carbons (Fsp3) is 0.105. The second kappa shape index (κ2) is 9.06. The highest BCUT2D eigenvalue weighted by molar-refractivity contribution is 8.18. The van der Waals surface area contributed by atoms with Gasteiger partial charge in [0.05, 0.1) is 22.0 Å². The molecule has 2 aromatic rings. The van der Waals surface area contributed by atoms with Crippen LogP contribution < -0.4 is 10.1 Å². The van der Waals surface area contributed by atoms with Gasteiger partial charge in [-0.25, -0.2) is 0 Å².